The molecule has 2 N–H and O–H groups in total. The first-order valence-corrected chi connectivity index (χ1v) is 7.65. The van der Waals surface area contributed by atoms with Crippen LogP contribution in [-0.4, -0.2) is 49.9 Å². The molecule has 1 amide bonds. The molecule has 1 aromatic rings. The summed E-state index contributed by atoms with van der Waals surface area (Å²) in [6, 6.07) is 0.744. The summed E-state index contributed by atoms with van der Waals surface area (Å²) in [4.78, 5) is 24.3. The number of nitrogens with zero attached hydrogens (tertiary/aromatic N) is 1. The van der Waals surface area contributed by atoms with Gasteiger partial charge in [0.2, 0.25) is 5.09 Å². The van der Waals surface area contributed by atoms with Crippen LogP contribution in [0.4, 0.5) is 0 Å². The number of sulfonamides is 1. The molecule has 1 rings (SSSR count). The monoisotopic (exact) mass is 318 g/mol. The van der Waals surface area contributed by atoms with Crippen molar-refractivity contribution in [2.75, 3.05) is 13.6 Å². The molecule has 21 heavy (non-hydrogen) atoms. The van der Waals surface area contributed by atoms with Crippen molar-refractivity contribution in [3.8, 4) is 0 Å². The summed E-state index contributed by atoms with van der Waals surface area (Å²) in [7, 11) is -2.58. The van der Waals surface area contributed by atoms with Crippen molar-refractivity contribution in [2.24, 2.45) is 0 Å². The van der Waals surface area contributed by atoms with Crippen LogP contribution in [0.1, 0.15) is 30.0 Å². The summed E-state index contributed by atoms with van der Waals surface area (Å²) in [5, 5.41) is 8.46. The normalized spacial score (nSPS) is 11.7. The molecule has 0 fully saturated rings. The largest absolute Gasteiger partial charge is 0.480 e. The summed E-state index contributed by atoms with van der Waals surface area (Å²) < 4.78 is 30.5. The Morgan fingerprint density at radius 2 is 2.00 bits per heavy atom. The van der Waals surface area contributed by atoms with Gasteiger partial charge in [-0.05, 0) is 27.8 Å². The van der Waals surface area contributed by atoms with Crippen LogP contribution in [0.15, 0.2) is 15.6 Å². The predicted molar refractivity (Wildman–Crippen MR) is 73.5 cm³/mol. The summed E-state index contributed by atoms with van der Waals surface area (Å²) in [5.74, 6) is -1.63. The Morgan fingerprint density at radius 3 is 2.43 bits per heavy atom. The number of carbonyl (C=O) groups excluding carboxylic acids is 1. The SMILES string of the molecule is CNS(=O)(=O)c1cc(C(=O)N(CC(=O)O)C(C)C)c(C)o1. The molecule has 1 heterocycles. The molecule has 0 aliphatic carbocycles. The van der Waals surface area contributed by atoms with Crippen molar-refractivity contribution in [1.29, 1.82) is 0 Å². The molecule has 0 saturated heterocycles. The van der Waals surface area contributed by atoms with Crippen molar-refractivity contribution in [2.45, 2.75) is 31.9 Å². The van der Waals surface area contributed by atoms with Crippen LogP contribution in [0, 0.1) is 6.92 Å². The first-order valence-electron chi connectivity index (χ1n) is 6.17. The van der Waals surface area contributed by atoms with Crippen molar-refractivity contribution < 1.29 is 27.5 Å². The van der Waals surface area contributed by atoms with Gasteiger partial charge in [0.05, 0.1) is 5.56 Å². The summed E-state index contributed by atoms with van der Waals surface area (Å²) in [6.45, 7) is 4.30. The quantitative estimate of drug-likeness (QED) is 0.785. The maximum atomic E-state index is 12.4. The molecule has 8 nitrogen and oxygen atoms in total. The van der Waals surface area contributed by atoms with Gasteiger partial charge >= 0.3 is 5.97 Å². The topological polar surface area (TPSA) is 117 Å². The van der Waals surface area contributed by atoms with Crippen molar-refractivity contribution in [3.05, 3.63) is 17.4 Å². The van der Waals surface area contributed by atoms with Gasteiger partial charge in [-0.3, -0.25) is 9.59 Å². The summed E-state index contributed by atoms with van der Waals surface area (Å²) in [6.07, 6.45) is 0. The Morgan fingerprint density at radius 1 is 1.43 bits per heavy atom. The van der Waals surface area contributed by atoms with E-state index in [9.17, 15) is 18.0 Å². The molecule has 0 aliphatic heterocycles. The number of aliphatic carboxylic acids is 1. The fourth-order valence-electron chi connectivity index (χ4n) is 1.69. The molecule has 1 aromatic heterocycles. The van der Waals surface area contributed by atoms with Crippen LogP contribution < -0.4 is 4.72 Å². The molecule has 0 saturated carbocycles. The van der Waals surface area contributed by atoms with Crippen molar-refractivity contribution in [1.82, 2.24) is 9.62 Å². The van der Waals surface area contributed by atoms with E-state index in [4.69, 9.17) is 9.52 Å². The fourth-order valence-corrected chi connectivity index (χ4v) is 2.40. The highest BCUT2D eigenvalue weighted by molar-refractivity contribution is 7.89. The minimum Gasteiger partial charge on any atom is -0.480 e. The first-order chi connectivity index (χ1) is 9.60. The summed E-state index contributed by atoms with van der Waals surface area (Å²) in [5.41, 5.74) is 0.0266. The molecule has 0 spiro atoms. The molecule has 0 unspecified atom stereocenters. The number of carboxylic acids is 1. The lowest BCUT2D eigenvalue weighted by Crippen LogP contribution is -2.40. The third kappa shape index (κ3) is 3.82. The molecule has 0 aromatic carbocycles. The number of hydrogen-bond donors (Lipinski definition) is 2. The second-order valence-electron chi connectivity index (χ2n) is 4.66. The molecule has 0 atom stereocenters. The predicted octanol–water partition coefficient (Wildman–Crippen LogP) is 0.431. The number of nitrogens with one attached hydrogen (secondary N) is 1. The third-order valence-corrected chi connectivity index (χ3v) is 4.12. The van der Waals surface area contributed by atoms with E-state index in [0.29, 0.717) is 0 Å². The Labute approximate surface area is 122 Å². The number of furan rings is 1. The molecule has 0 radical (unpaired) electrons. The Hall–Kier alpha value is -1.87. The van der Waals surface area contributed by atoms with Gasteiger partial charge in [0.1, 0.15) is 12.3 Å². The maximum Gasteiger partial charge on any atom is 0.323 e. The van der Waals surface area contributed by atoms with Crippen molar-refractivity contribution in [3.63, 3.8) is 0 Å². The zero-order valence-corrected chi connectivity index (χ0v) is 13.0. The molecule has 118 valence electrons. The van der Waals surface area contributed by atoms with Crippen LogP contribution in [0.2, 0.25) is 0 Å². The highest BCUT2D eigenvalue weighted by Crippen LogP contribution is 2.21. The highest BCUT2D eigenvalue weighted by atomic mass is 32.2. The highest BCUT2D eigenvalue weighted by Gasteiger charge is 2.27. The molecule has 9 heteroatoms. The number of carboxylic acid groups (broad SMARTS) is 1. The van der Waals surface area contributed by atoms with Crippen LogP contribution in [-0.2, 0) is 14.8 Å². The lowest BCUT2D eigenvalue weighted by molar-refractivity contribution is -0.138. The van der Waals surface area contributed by atoms with E-state index in [1.807, 2.05) is 0 Å². The fraction of sp³-hybridized carbons (Fsp3) is 0.500. The third-order valence-electron chi connectivity index (χ3n) is 2.85. The Balaban J connectivity index is 3.21. The lowest BCUT2D eigenvalue weighted by Gasteiger charge is -2.24. The van der Waals surface area contributed by atoms with Crippen LogP contribution >= 0.6 is 0 Å². The average Bonchev–Trinajstić information content (AvgIpc) is 2.77. The van der Waals surface area contributed by atoms with E-state index in [1.165, 1.54) is 14.0 Å². The zero-order chi connectivity index (χ0) is 16.4. The van der Waals surface area contributed by atoms with Gasteiger partial charge in [-0.15, -0.1) is 0 Å². The smallest absolute Gasteiger partial charge is 0.323 e. The van der Waals surface area contributed by atoms with Gasteiger partial charge < -0.3 is 14.4 Å². The standard InChI is InChI=1S/C12H18N2O6S/c1-7(2)14(6-10(15)16)12(17)9-5-11(20-8(9)3)21(18,19)13-4/h5,7,13H,6H2,1-4H3,(H,15,16). The second kappa shape index (κ2) is 6.27. The number of rotatable bonds is 6. The van der Waals surface area contributed by atoms with Gasteiger partial charge in [0, 0.05) is 12.1 Å². The first kappa shape index (κ1) is 17.2. The van der Waals surface area contributed by atoms with Crippen LogP contribution in [0.25, 0.3) is 0 Å². The van der Waals surface area contributed by atoms with Crippen LogP contribution in [0.5, 0.6) is 0 Å². The van der Waals surface area contributed by atoms with E-state index in [-0.39, 0.29) is 22.5 Å². The minimum absolute atomic E-state index is 0.0266. The van der Waals surface area contributed by atoms with Gasteiger partial charge in [-0.2, -0.15) is 0 Å². The van der Waals surface area contributed by atoms with Gasteiger partial charge in [0.15, 0.2) is 0 Å². The number of hydrogen-bond acceptors (Lipinski definition) is 5. The lowest BCUT2D eigenvalue weighted by atomic mass is 10.2. The van der Waals surface area contributed by atoms with Gasteiger partial charge in [-0.25, -0.2) is 13.1 Å². The molecular weight excluding hydrogens is 300 g/mol. The van der Waals surface area contributed by atoms with E-state index < -0.39 is 28.4 Å². The number of amides is 1. The van der Waals surface area contributed by atoms with E-state index in [2.05, 4.69) is 4.72 Å². The van der Waals surface area contributed by atoms with E-state index in [0.717, 1.165) is 11.0 Å². The molecule has 0 aliphatic rings. The second-order valence-corrected chi connectivity index (χ2v) is 6.48. The van der Waals surface area contributed by atoms with Crippen molar-refractivity contribution >= 4 is 21.9 Å². The minimum atomic E-state index is -3.81. The Bertz CT molecular complexity index is 647. The maximum absolute atomic E-state index is 12.4. The summed E-state index contributed by atoms with van der Waals surface area (Å²) >= 11 is 0. The average molecular weight is 318 g/mol. The van der Waals surface area contributed by atoms with E-state index >= 15 is 0 Å². The van der Waals surface area contributed by atoms with Gasteiger partial charge in [0.25, 0.3) is 15.9 Å². The zero-order valence-electron chi connectivity index (χ0n) is 12.2. The molecular formula is C12H18N2O6S. The van der Waals surface area contributed by atoms with E-state index in [1.54, 1.807) is 13.8 Å². The van der Waals surface area contributed by atoms with Gasteiger partial charge in [-0.1, -0.05) is 0 Å². The number of aryl methyl sites for hydroxylation is 1. The Kier molecular flexibility index (Phi) is 5.13. The molecule has 0 bridgehead atoms. The number of carbonyl (C=O) groups is 2. The van der Waals surface area contributed by atoms with Crippen LogP contribution in [0.3, 0.4) is 0 Å².